The number of nitrogens with one attached hydrogen (secondary N) is 1. The van der Waals surface area contributed by atoms with Gasteiger partial charge < -0.3 is 5.32 Å². The maximum atomic E-state index is 12.9. The van der Waals surface area contributed by atoms with Crippen molar-refractivity contribution >= 4 is 21.6 Å². The molecule has 1 nitrogen and oxygen atoms in total. The van der Waals surface area contributed by atoms with Gasteiger partial charge in [0.15, 0.2) is 0 Å². The van der Waals surface area contributed by atoms with Gasteiger partial charge in [-0.05, 0) is 55.7 Å². The van der Waals surface area contributed by atoms with Crippen molar-refractivity contribution in [2.75, 3.05) is 5.32 Å². The quantitative estimate of drug-likeness (QED) is 0.711. The molecule has 0 amide bonds. The Bertz CT molecular complexity index is 511. The van der Waals surface area contributed by atoms with Crippen LogP contribution in [0, 0.1) is 11.8 Å². The van der Waals surface area contributed by atoms with E-state index in [4.69, 9.17) is 0 Å². The fourth-order valence-electron chi connectivity index (χ4n) is 3.42. The second-order valence-electron chi connectivity index (χ2n) is 6.30. The molecule has 21 heavy (non-hydrogen) atoms. The molecule has 3 rings (SSSR count). The van der Waals surface area contributed by atoms with E-state index in [-0.39, 0.29) is 4.47 Å². The molecule has 0 aromatic heterocycles. The van der Waals surface area contributed by atoms with E-state index in [2.05, 4.69) is 21.2 Å². The van der Waals surface area contributed by atoms with Gasteiger partial charge >= 0.3 is 6.18 Å². The van der Waals surface area contributed by atoms with Gasteiger partial charge in [0.2, 0.25) is 0 Å². The molecule has 116 valence electrons. The largest absolute Gasteiger partial charge is 0.417 e. The van der Waals surface area contributed by atoms with Crippen LogP contribution in [-0.4, -0.2) is 6.04 Å². The third-order valence-electron chi connectivity index (χ3n) is 4.65. The van der Waals surface area contributed by atoms with Crippen molar-refractivity contribution in [1.29, 1.82) is 0 Å². The fraction of sp³-hybridized carbons (Fsp3) is 0.625. The number of halogens is 4. The second-order valence-corrected chi connectivity index (χ2v) is 7.15. The predicted octanol–water partition coefficient (Wildman–Crippen LogP) is 5.85. The molecule has 2 saturated carbocycles. The molecule has 2 fully saturated rings. The number of rotatable bonds is 3. The fourth-order valence-corrected chi connectivity index (χ4v) is 3.89. The molecule has 0 bridgehead atoms. The highest BCUT2D eigenvalue weighted by molar-refractivity contribution is 9.10. The van der Waals surface area contributed by atoms with Crippen molar-refractivity contribution in [3.05, 3.63) is 28.2 Å². The Morgan fingerprint density at radius 1 is 1.05 bits per heavy atom. The molecule has 1 aromatic rings. The molecule has 1 N–H and O–H groups in total. The molecule has 0 saturated heterocycles. The second kappa shape index (κ2) is 5.82. The first-order valence-electron chi connectivity index (χ1n) is 7.57. The molecule has 2 unspecified atom stereocenters. The number of hydrogen-bond donors (Lipinski definition) is 1. The summed E-state index contributed by atoms with van der Waals surface area (Å²) in [4.78, 5) is 0. The Morgan fingerprint density at radius 3 is 2.48 bits per heavy atom. The first-order valence-corrected chi connectivity index (χ1v) is 8.36. The molecule has 0 aliphatic heterocycles. The molecule has 5 heteroatoms. The average Bonchev–Trinajstić information content (AvgIpc) is 3.24. The van der Waals surface area contributed by atoms with E-state index in [1.165, 1.54) is 37.8 Å². The summed E-state index contributed by atoms with van der Waals surface area (Å²) in [7, 11) is 0. The lowest BCUT2D eigenvalue weighted by Gasteiger charge is -2.30. The molecular weight excluding hydrogens is 343 g/mol. The minimum Gasteiger partial charge on any atom is -0.382 e. The number of hydrogen-bond acceptors (Lipinski definition) is 1. The summed E-state index contributed by atoms with van der Waals surface area (Å²) in [5.41, 5.74) is -0.0333. The van der Waals surface area contributed by atoms with Crippen LogP contribution in [0.4, 0.5) is 18.9 Å². The maximum Gasteiger partial charge on any atom is 0.417 e. The van der Waals surface area contributed by atoms with Crippen LogP contribution >= 0.6 is 15.9 Å². The highest BCUT2D eigenvalue weighted by atomic mass is 79.9. The highest BCUT2D eigenvalue weighted by Gasteiger charge is 2.35. The van der Waals surface area contributed by atoms with E-state index in [1.807, 2.05) is 0 Å². The molecule has 1 aromatic carbocycles. The van der Waals surface area contributed by atoms with E-state index in [0.717, 1.165) is 24.7 Å². The van der Waals surface area contributed by atoms with Gasteiger partial charge in [-0.2, -0.15) is 13.2 Å². The Labute approximate surface area is 131 Å². The summed E-state index contributed by atoms with van der Waals surface area (Å²) >= 11 is 2.98. The highest BCUT2D eigenvalue weighted by Crippen LogP contribution is 2.44. The van der Waals surface area contributed by atoms with Crippen molar-refractivity contribution in [3.63, 3.8) is 0 Å². The molecule has 0 radical (unpaired) electrons. The van der Waals surface area contributed by atoms with Gasteiger partial charge in [-0.15, -0.1) is 0 Å². The van der Waals surface area contributed by atoms with Crippen LogP contribution in [0.25, 0.3) is 0 Å². The lowest BCUT2D eigenvalue weighted by molar-refractivity contribution is -0.138. The molecule has 0 spiro atoms. The van der Waals surface area contributed by atoms with Crippen LogP contribution in [0.15, 0.2) is 22.7 Å². The van der Waals surface area contributed by atoms with E-state index in [1.54, 1.807) is 6.07 Å². The van der Waals surface area contributed by atoms with Crippen molar-refractivity contribution in [1.82, 2.24) is 0 Å². The van der Waals surface area contributed by atoms with Crippen molar-refractivity contribution in [2.24, 2.45) is 11.8 Å². The van der Waals surface area contributed by atoms with Crippen molar-refractivity contribution < 1.29 is 13.2 Å². The van der Waals surface area contributed by atoms with Crippen LogP contribution < -0.4 is 5.32 Å². The Morgan fingerprint density at radius 2 is 1.81 bits per heavy atom. The number of benzene rings is 1. The molecule has 0 heterocycles. The van der Waals surface area contributed by atoms with Gasteiger partial charge in [0.1, 0.15) is 0 Å². The van der Waals surface area contributed by atoms with Gasteiger partial charge in [0.05, 0.1) is 5.56 Å². The van der Waals surface area contributed by atoms with Crippen LogP contribution in [0.2, 0.25) is 0 Å². The van der Waals surface area contributed by atoms with Gasteiger partial charge in [-0.3, -0.25) is 0 Å². The molecular formula is C16H19BrF3N. The zero-order valence-corrected chi connectivity index (χ0v) is 13.3. The lowest BCUT2D eigenvalue weighted by Crippen LogP contribution is -2.28. The smallest absolute Gasteiger partial charge is 0.382 e. The predicted molar refractivity (Wildman–Crippen MR) is 81.2 cm³/mol. The van der Waals surface area contributed by atoms with Crippen molar-refractivity contribution in [2.45, 2.75) is 50.7 Å². The van der Waals surface area contributed by atoms with E-state index < -0.39 is 11.7 Å². The average molecular weight is 362 g/mol. The molecule has 2 atom stereocenters. The Hall–Kier alpha value is -0.710. The zero-order valence-electron chi connectivity index (χ0n) is 11.7. The first kappa shape index (κ1) is 15.2. The summed E-state index contributed by atoms with van der Waals surface area (Å²) in [5, 5.41) is 3.31. The minimum absolute atomic E-state index is 0.0973. The maximum absolute atomic E-state index is 12.9. The van der Waals surface area contributed by atoms with Gasteiger partial charge in [0.25, 0.3) is 0 Å². The molecule has 2 aliphatic rings. The van der Waals surface area contributed by atoms with E-state index in [9.17, 15) is 13.2 Å². The summed E-state index contributed by atoms with van der Waals surface area (Å²) in [6.07, 6.45) is 2.99. The SMILES string of the molecule is FC(F)(F)c1cc(NC2CCCC(C3CC3)C2)ccc1Br. The third kappa shape index (κ3) is 3.74. The third-order valence-corrected chi connectivity index (χ3v) is 5.34. The topological polar surface area (TPSA) is 12.0 Å². The number of anilines is 1. The van der Waals surface area contributed by atoms with Crippen LogP contribution in [0.1, 0.15) is 44.1 Å². The lowest BCUT2D eigenvalue weighted by atomic mass is 9.82. The summed E-state index contributed by atoms with van der Waals surface area (Å²) in [6.45, 7) is 0. The van der Waals surface area contributed by atoms with Crippen LogP contribution in [-0.2, 0) is 6.18 Å². The zero-order chi connectivity index (χ0) is 15.0. The molecule has 2 aliphatic carbocycles. The van der Waals surface area contributed by atoms with Crippen molar-refractivity contribution in [3.8, 4) is 0 Å². The number of alkyl halides is 3. The van der Waals surface area contributed by atoms with E-state index in [0.29, 0.717) is 11.7 Å². The van der Waals surface area contributed by atoms with Crippen LogP contribution in [0.5, 0.6) is 0 Å². The Kier molecular flexibility index (Phi) is 4.21. The normalized spacial score (nSPS) is 26.7. The summed E-state index contributed by atoms with van der Waals surface area (Å²) in [5.74, 6) is 1.65. The first-order chi connectivity index (χ1) is 9.93. The van der Waals surface area contributed by atoms with Gasteiger partial charge in [-0.1, -0.05) is 28.8 Å². The summed E-state index contributed by atoms with van der Waals surface area (Å²) in [6, 6.07) is 4.73. The minimum atomic E-state index is -4.32. The summed E-state index contributed by atoms with van der Waals surface area (Å²) < 4.78 is 38.9. The standard InChI is InChI=1S/C16H19BrF3N/c17-15-7-6-13(9-14(15)16(18,19)20)21-12-3-1-2-11(8-12)10-4-5-10/h6-7,9-12,21H,1-5,8H2. The van der Waals surface area contributed by atoms with Gasteiger partial charge in [0, 0.05) is 16.2 Å². The Balaban J connectivity index is 1.69. The van der Waals surface area contributed by atoms with Gasteiger partial charge in [-0.25, -0.2) is 0 Å². The van der Waals surface area contributed by atoms with Crippen LogP contribution in [0.3, 0.4) is 0 Å². The van der Waals surface area contributed by atoms with E-state index >= 15 is 0 Å². The monoisotopic (exact) mass is 361 g/mol.